The molecule has 0 rings (SSSR count). The molecule has 0 unspecified atom stereocenters. The summed E-state index contributed by atoms with van der Waals surface area (Å²) in [5, 5.41) is 0.774. The lowest BCUT2D eigenvalue weighted by atomic mass is 10.6. The Morgan fingerprint density at radius 1 is 1.60 bits per heavy atom. The van der Waals surface area contributed by atoms with Crippen LogP contribution in [0.2, 0.25) is 0 Å². The smallest absolute Gasteiger partial charge is 0.263 e. The molecule has 0 fully saturated rings. The van der Waals surface area contributed by atoms with Crippen molar-refractivity contribution in [2.75, 3.05) is 6.61 Å². The number of hydrogen-bond acceptors (Lipinski definition) is 3. The summed E-state index contributed by atoms with van der Waals surface area (Å²) < 4.78 is 25.4. The second-order valence-corrected chi connectivity index (χ2v) is 3.07. The minimum Gasteiger partial charge on any atom is -0.263 e. The Hall–Kier alpha value is -0.610. The zero-order valence-corrected chi connectivity index (χ0v) is 6.60. The van der Waals surface area contributed by atoms with Crippen LogP contribution in [0.4, 0.5) is 0 Å². The highest BCUT2D eigenvalue weighted by Gasteiger charge is 2.00. The standard InChI is InChI=1S/C6H10O3S/c1-3-5-6-9-10(7,8)4-2/h3-5H,2,6H2,1H3/b5-3-. The molecule has 4 heteroatoms. The first-order valence-corrected chi connectivity index (χ1v) is 4.22. The predicted molar refractivity (Wildman–Crippen MR) is 39.9 cm³/mol. The number of allylic oxidation sites excluding steroid dienone is 1. The summed E-state index contributed by atoms with van der Waals surface area (Å²) in [6, 6.07) is 0. The van der Waals surface area contributed by atoms with E-state index < -0.39 is 10.1 Å². The van der Waals surface area contributed by atoms with Gasteiger partial charge < -0.3 is 0 Å². The third kappa shape index (κ3) is 4.29. The molecule has 0 radical (unpaired) electrons. The molecule has 58 valence electrons. The first kappa shape index (κ1) is 9.39. The minimum atomic E-state index is -3.48. The van der Waals surface area contributed by atoms with Gasteiger partial charge in [-0.3, -0.25) is 4.18 Å². The Kier molecular flexibility index (Phi) is 3.99. The fourth-order valence-electron chi connectivity index (χ4n) is 0.278. The summed E-state index contributed by atoms with van der Waals surface area (Å²) in [5.41, 5.74) is 0. The van der Waals surface area contributed by atoms with E-state index in [1.54, 1.807) is 19.1 Å². The van der Waals surface area contributed by atoms with Gasteiger partial charge in [0.2, 0.25) is 0 Å². The summed E-state index contributed by atoms with van der Waals surface area (Å²) in [4.78, 5) is 0. The highest BCUT2D eigenvalue weighted by molar-refractivity contribution is 7.89. The van der Waals surface area contributed by atoms with E-state index in [-0.39, 0.29) is 6.61 Å². The highest BCUT2D eigenvalue weighted by Crippen LogP contribution is 1.92. The van der Waals surface area contributed by atoms with Gasteiger partial charge in [0.15, 0.2) is 0 Å². The van der Waals surface area contributed by atoms with E-state index in [0.717, 1.165) is 5.41 Å². The van der Waals surface area contributed by atoms with E-state index in [2.05, 4.69) is 10.8 Å². The van der Waals surface area contributed by atoms with Gasteiger partial charge in [-0.1, -0.05) is 18.7 Å². The van der Waals surface area contributed by atoms with E-state index in [4.69, 9.17) is 0 Å². The van der Waals surface area contributed by atoms with Gasteiger partial charge in [0.1, 0.15) is 0 Å². The molecule has 0 aliphatic rings. The fraction of sp³-hybridized carbons (Fsp3) is 0.333. The van der Waals surface area contributed by atoms with Crippen molar-refractivity contribution < 1.29 is 12.6 Å². The third-order valence-electron chi connectivity index (χ3n) is 0.768. The Balaban J connectivity index is 3.81. The number of rotatable bonds is 4. The minimum absolute atomic E-state index is 0.0743. The molecule has 0 aliphatic heterocycles. The van der Waals surface area contributed by atoms with Gasteiger partial charge in [-0.05, 0) is 6.92 Å². The molecule has 0 amide bonds. The lowest BCUT2D eigenvalue weighted by Gasteiger charge is -1.94. The van der Waals surface area contributed by atoms with Gasteiger partial charge in [-0.15, -0.1) is 0 Å². The van der Waals surface area contributed by atoms with Crippen LogP contribution in [-0.4, -0.2) is 15.0 Å². The molecule has 10 heavy (non-hydrogen) atoms. The maximum absolute atomic E-state index is 10.5. The third-order valence-corrected chi connectivity index (χ3v) is 1.64. The Morgan fingerprint density at radius 3 is 2.60 bits per heavy atom. The Morgan fingerprint density at radius 2 is 2.20 bits per heavy atom. The zero-order chi connectivity index (χ0) is 8.04. The molecular formula is C6H10O3S. The molecule has 0 bridgehead atoms. The lowest BCUT2D eigenvalue weighted by Crippen LogP contribution is -2.00. The van der Waals surface area contributed by atoms with Crippen LogP contribution in [0.15, 0.2) is 24.1 Å². The Bertz CT molecular complexity index is 213. The van der Waals surface area contributed by atoms with Gasteiger partial charge in [-0.2, -0.15) is 8.42 Å². The summed E-state index contributed by atoms with van der Waals surface area (Å²) >= 11 is 0. The van der Waals surface area contributed by atoms with Gasteiger partial charge in [0.05, 0.1) is 12.0 Å². The van der Waals surface area contributed by atoms with Crippen molar-refractivity contribution in [1.82, 2.24) is 0 Å². The van der Waals surface area contributed by atoms with Crippen LogP contribution in [0.25, 0.3) is 0 Å². The second-order valence-electron chi connectivity index (χ2n) is 1.51. The van der Waals surface area contributed by atoms with E-state index in [0.29, 0.717) is 0 Å². The van der Waals surface area contributed by atoms with Gasteiger partial charge in [-0.25, -0.2) is 0 Å². The van der Waals surface area contributed by atoms with Crippen LogP contribution >= 0.6 is 0 Å². The topological polar surface area (TPSA) is 43.4 Å². The van der Waals surface area contributed by atoms with E-state index in [1.165, 1.54) is 0 Å². The second kappa shape index (κ2) is 4.24. The maximum atomic E-state index is 10.5. The fourth-order valence-corrected chi connectivity index (χ4v) is 0.643. The van der Waals surface area contributed by atoms with Gasteiger partial charge in [0.25, 0.3) is 10.1 Å². The molecule has 0 heterocycles. The maximum Gasteiger partial charge on any atom is 0.289 e. The Labute approximate surface area is 61.1 Å². The quantitative estimate of drug-likeness (QED) is 0.458. The van der Waals surface area contributed by atoms with Crippen molar-refractivity contribution in [2.45, 2.75) is 6.92 Å². The van der Waals surface area contributed by atoms with Crippen molar-refractivity contribution in [1.29, 1.82) is 0 Å². The van der Waals surface area contributed by atoms with Crippen molar-refractivity contribution >= 4 is 10.1 Å². The molecule has 0 atom stereocenters. The summed E-state index contributed by atoms with van der Waals surface area (Å²) in [7, 11) is -3.48. The zero-order valence-electron chi connectivity index (χ0n) is 5.78. The van der Waals surface area contributed by atoms with E-state index in [1.807, 2.05) is 0 Å². The molecule has 0 aromatic rings. The molecule has 0 aliphatic carbocycles. The van der Waals surface area contributed by atoms with Crippen LogP contribution in [0.1, 0.15) is 6.92 Å². The highest BCUT2D eigenvalue weighted by atomic mass is 32.2. The first-order valence-electron chi connectivity index (χ1n) is 2.75. The predicted octanol–water partition coefficient (Wildman–Crippen LogP) is 1.05. The SMILES string of the molecule is C=CS(=O)(=O)OC/C=C\C. The lowest BCUT2D eigenvalue weighted by molar-refractivity contribution is 0.364. The molecule has 0 spiro atoms. The molecule has 3 nitrogen and oxygen atoms in total. The summed E-state index contributed by atoms with van der Waals surface area (Å²) in [6.45, 7) is 4.93. The molecule has 0 N–H and O–H groups in total. The average molecular weight is 162 g/mol. The van der Waals surface area contributed by atoms with Crippen LogP contribution in [0.5, 0.6) is 0 Å². The monoisotopic (exact) mass is 162 g/mol. The summed E-state index contributed by atoms with van der Waals surface area (Å²) in [6.07, 6.45) is 3.31. The normalized spacial score (nSPS) is 12.1. The number of hydrogen-bond donors (Lipinski definition) is 0. The average Bonchev–Trinajstić information content (AvgIpc) is 1.89. The molecule has 0 aromatic carbocycles. The molecule has 0 saturated heterocycles. The van der Waals surface area contributed by atoms with Crippen molar-refractivity contribution in [3.63, 3.8) is 0 Å². The van der Waals surface area contributed by atoms with E-state index >= 15 is 0 Å². The van der Waals surface area contributed by atoms with Gasteiger partial charge >= 0.3 is 0 Å². The van der Waals surface area contributed by atoms with Crippen LogP contribution in [-0.2, 0) is 14.3 Å². The van der Waals surface area contributed by atoms with Crippen molar-refractivity contribution in [3.8, 4) is 0 Å². The summed E-state index contributed by atoms with van der Waals surface area (Å²) in [5.74, 6) is 0. The van der Waals surface area contributed by atoms with Crippen LogP contribution < -0.4 is 0 Å². The first-order chi connectivity index (χ1) is 4.62. The molecular weight excluding hydrogens is 152 g/mol. The largest absolute Gasteiger partial charge is 0.289 e. The van der Waals surface area contributed by atoms with Crippen molar-refractivity contribution in [3.05, 3.63) is 24.1 Å². The molecule has 0 saturated carbocycles. The van der Waals surface area contributed by atoms with Gasteiger partial charge in [0, 0.05) is 0 Å². The van der Waals surface area contributed by atoms with Crippen LogP contribution in [0, 0.1) is 0 Å². The van der Waals surface area contributed by atoms with Crippen molar-refractivity contribution in [2.24, 2.45) is 0 Å². The molecule has 0 aromatic heterocycles. The van der Waals surface area contributed by atoms with E-state index in [9.17, 15) is 8.42 Å². The van der Waals surface area contributed by atoms with Crippen LogP contribution in [0.3, 0.4) is 0 Å².